The van der Waals surface area contributed by atoms with Gasteiger partial charge in [-0.3, -0.25) is 14.7 Å². The molecular formula is C11H17N3O3. The highest BCUT2D eigenvalue weighted by atomic mass is 16.5. The molecule has 1 N–H and O–H groups in total. The molecule has 0 aliphatic rings. The maximum absolute atomic E-state index is 12.1. The molecule has 0 radical (unpaired) electrons. The van der Waals surface area contributed by atoms with Gasteiger partial charge in [0.05, 0.1) is 18.4 Å². The van der Waals surface area contributed by atoms with Crippen molar-refractivity contribution in [3.63, 3.8) is 0 Å². The number of H-pyrrole nitrogens is 1. The van der Waals surface area contributed by atoms with Crippen LogP contribution in [0.1, 0.15) is 29.9 Å². The van der Waals surface area contributed by atoms with Crippen molar-refractivity contribution in [1.29, 1.82) is 0 Å². The number of hydrogen-bond acceptors (Lipinski definition) is 4. The van der Waals surface area contributed by atoms with Crippen molar-refractivity contribution < 1.29 is 14.3 Å². The lowest BCUT2D eigenvalue weighted by molar-refractivity contribution is -0.143. The summed E-state index contributed by atoms with van der Waals surface area (Å²) in [5.74, 6) is -0.615. The molecule has 0 aliphatic carbocycles. The quantitative estimate of drug-likeness (QED) is 0.769. The first-order valence-electron chi connectivity index (χ1n) is 5.55. The van der Waals surface area contributed by atoms with E-state index in [9.17, 15) is 9.59 Å². The number of amides is 1. The monoisotopic (exact) mass is 239 g/mol. The number of aromatic amines is 1. The number of likely N-dealkylation sites (N-methyl/N-ethyl adjacent to an activating group) is 1. The van der Waals surface area contributed by atoms with Gasteiger partial charge in [0.1, 0.15) is 6.54 Å². The van der Waals surface area contributed by atoms with Gasteiger partial charge in [0.15, 0.2) is 0 Å². The molecule has 17 heavy (non-hydrogen) atoms. The van der Waals surface area contributed by atoms with Crippen molar-refractivity contribution in [2.75, 3.05) is 19.7 Å². The first-order chi connectivity index (χ1) is 8.10. The molecule has 0 bridgehead atoms. The summed E-state index contributed by atoms with van der Waals surface area (Å²) in [5, 5.41) is 6.48. The van der Waals surface area contributed by atoms with Crippen LogP contribution in [0.3, 0.4) is 0 Å². The molecular weight excluding hydrogens is 222 g/mol. The SMILES string of the molecule is CCOC(=O)CN(CC)C(=O)c1cn[nH]c1C. The average molecular weight is 239 g/mol. The predicted molar refractivity (Wildman–Crippen MR) is 61.5 cm³/mol. The van der Waals surface area contributed by atoms with Crippen LogP contribution in [-0.2, 0) is 9.53 Å². The molecule has 94 valence electrons. The van der Waals surface area contributed by atoms with E-state index >= 15 is 0 Å². The van der Waals surface area contributed by atoms with Gasteiger partial charge in [-0.15, -0.1) is 0 Å². The Morgan fingerprint density at radius 3 is 2.65 bits per heavy atom. The van der Waals surface area contributed by atoms with Crippen LogP contribution in [0.4, 0.5) is 0 Å². The molecule has 1 amide bonds. The topological polar surface area (TPSA) is 75.3 Å². The van der Waals surface area contributed by atoms with Crippen molar-refractivity contribution in [1.82, 2.24) is 15.1 Å². The lowest BCUT2D eigenvalue weighted by atomic mass is 10.2. The van der Waals surface area contributed by atoms with Gasteiger partial charge in [-0.05, 0) is 20.8 Å². The van der Waals surface area contributed by atoms with Crippen molar-refractivity contribution in [2.24, 2.45) is 0 Å². The minimum absolute atomic E-state index is 0.0339. The second-order valence-electron chi connectivity index (χ2n) is 3.53. The van der Waals surface area contributed by atoms with E-state index < -0.39 is 5.97 Å². The Bertz CT molecular complexity index is 400. The Labute approximate surface area is 99.9 Å². The van der Waals surface area contributed by atoms with Gasteiger partial charge < -0.3 is 9.64 Å². The zero-order chi connectivity index (χ0) is 12.8. The normalized spacial score (nSPS) is 10.1. The van der Waals surface area contributed by atoms with E-state index in [0.717, 1.165) is 0 Å². The number of aromatic nitrogens is 2. The third-order valence-electron chi connectivity index (χ3n) is 2.35. The van der Waals surface area contributed by atoms with E-state index in [1.165, 1.54) is 11.1 Å². The fourth-order valence-corrected chi connectivity index (χ4v) is 1.43. The third-order valence-corrected chi connectivity index (χ3v) is 2.35. The molecule has 0 spiro atoms. The van der Waals surface area contributed by atoms with Crippen LogP contribution in [0.25, 0.3) is 0 Å². The van der Waals surface area contributed by atoms with Crippen LogP contribution in [0.2, 0.25) is 0 Å². The zero-order valence-electron chi connectivity index (χ0n) is 10.3. The number of aryl methyl sites for hydroxylation is 1. The number of rotatable bonds is 5. The molecule has 0 aromatic carbocycles. The molecule has 1 aromatic heterocycles. The van der Waals surface area contributed by atoms with Gasteiger partial charge in [-0.25, -0.2) is 0 Å². The van der Waals surface area contributed by atoms with Crippen molar-refractivity contribution in [2.45, 2.75) is 20.8 Å². The highest BCUT2D eigenvalue weighted by molar-refractivity contribution is 5.96. The second-order valence-corrected chi connectivity index (χ2v) is 3.53. The van der Waals surface area contributed by atoms with Gasteiger partial charge in [-0.2, -0.15) is 5.10 Å². The number of ether oxygens (including phenoxy) is 1. The zero-order valence-corrected chi connectivity index (χ0v) is 10.3. The van der Waals surface area contributed by atoms with Crippen molar-refractivity contribution in [3.8, 4) is 0 Å². The van der Waals surface area contributed by atoms with Crippen LogP contribution in [0, 0.1) is 6.92 Å². The molecule has 0 saturated heterocycles. The van der Waals surface area contributed by atoms with Crippen LogP contribution >= 0.6 is 0 Å². The van der Waals surface area contributed by atoms with Gasteiger partial charge in [-0.1, -0.05) is 0 Å². The lowest BCUT2D eigenvalue weighted by Gasteiger charge is -2.19. The first-order valence-corrected chi connectivity index (χ1v) is 5.55. The Kier molecular flexibility index (Phi) is 4.68. The van der Waals surface area contributed by atoms with Gasteiger partial charge in [0.25, 0.3) is 5.91 Å². The summed E-state index contributed by atoms with van der Waals surface area (Å²) in [5.41, 5.74) is 1.17. The molecule has 1 rings (SSSR count). The molecule has 6 nitrogen and oxygen atoms in total. The molecule has 0 aliphatic heterocycles. The van der Waals surface area contributed by atoms with Crippen molar-refractivity contribution >= 4 is 11.9 Å². The van der Waals surface area contributed by atoms with Gasteiger partial charge >= 0.3 is 5.97 Å². The van der Waals surface area contributed by atoms with Crippen LogP contribution < -0.4 is 0 Å². The number of carbonyl (C=O) groups is 2. The minimum atomic E-state index is -0.399. The standard InChI is InChI=1S/C11H17N3O3/c1-4-14(7-10(15)17-5-2)11(16)9-6-12-13-8(9)3/h6H,4-5,7H2,1-3H3,(H,12,13). The van der Waals surface area contributed by atoms with E-state index in [0.29, 0.717) is 24.4 Å². The largest absolute Gasteiger partial charge is 0.465 e. The van der Waals surface area contributed by atoms with E-state index in [1.54, 1.807) is 13.8 Å². The maximum atomic E-state index is 12.1. The number of nitrogens with zero attached hydrogens (tertiary/aromatic N) is 2. The number of carbonyl (C=O) groups excluding carboxylic acids is 2. The Balaban J connectivity index is 2.71. The van der Waals surface area contributed by atoms with E-state index in [2.05, 4.69) is 10.2 Å². The summed E-state index contributed by atoms with van der Waals surface area (Å²) in [6, 6.07) is 0. The summed E-state index contributed by atoms with van der Waals surface area (Å²) in [7, 11) is 0. The highest BCUT2D eigenvalue weighted by Crippen LogP contribution is 2.07. The van der Waals surface area contributed by atoms with Gasteiger partial charge in [0.2, 0.25) is 0 Å². The van der Waals surface area contributed by atoms with E-state index in [4.69, 9.17) is 4.74 Å². The summed E-state index contributed by atoms with van der Waals surface area (Å²) in [4.78, 5) is 24.8. The third kappa shape index (κ3) is 3.30. The summed E-state index contributed by atoms with van der Waals surface area (Å²) in [6.45, 7) is 6.03. The summed E-state index contributed by atoms with van der Waals surface area (Å²) < 4.78 is 4.82. The highest BCUT2D eigenvalue weighted by Gasteiger charge is 2.20. The Morgan fingerprint density at radius 1 is 1.47 bits per heavy atom. The maximum Gasteiger partial charge on any atom is 0.325 e. The molecule has 0 atom stereocenters. The van der Waals surface area contributed by atoms with E-state index in [1.807, 2.05) is 6.92 Å². The summed E-state index contributed by atoms with van der Waals surface area (Å²) >= 11 is 0. The number of nitrogens with one attached hydrogen (secondary N) is 1. The van der Waals surface area contributed by atoms with Gasteiger partial charge in [0, 0.05) is 12.2 Å². The molecule has 1 heterocycles. The molecule has 0 saturated carbocycles. The lowest BCUT2D eigenvalue weighted by Crippen LogP contribution is -2.36. The van der Waals surface area contributed by atoms with E-state index in [-0.39, 0.29) is 12.5 Å². The Hall–Kier alpha value is -1.85. The molecule has 6 heteroatoms. The van der Waals surface area contributed by atoms with Crippen molar-refractivity contribution in [3.05, 3.63) is 17.5 Å². The Morgan fingerprint density at radius 2 is 2.18 bits per heavy atom. The number of hydrogen-bond donors (Lipinski definition) is 1. The number of esters is 1. The van der Waals surface area contributed by atoms with Crippen LogP contribution in [0.15, 0.2) is 6.20 Å². The second kappa shape index (κ2) is 6.03. The first kappa shape index (κ1) is 13.2. The van der Waals surface area contributed by atoms with Crippen LogP contribution in [0.5, 0.6) is 0 Å². The molecule has 1 aromatic rings. The fraction of sp³-hybridized carbons (Fsp3) is 0.545. The minimum Gasteiger partial charge on any atom is -0.465 e. The van der Waals surface area contributed by atoms with Crippen LogP contribution in [-0.4, -0.2) is 46.7 Å². The molecule has 0 fully saturated rings. The predicted octanol–water partition coefficient (Wildman–Crippen LogP) is 0.743. The summed E-state index contributed by atoms with van der Waals surface area (Å²) in [6.07, 6.45) is 1.46. The smallest absolute Gasteiger partial charge is 0.325 e. The molecule has 0 unspecified atom stereocenters. The fourth-order valence-electron chi connectivity index (χ4n) is 1.43. The average Bonchev–Trinajstić information content (AvgIpc) is 2.72.